The summed E-state index contributed by atoms with van der Waals surface area (Å²) in [5.41, 5.74) is 6.88. The Bertz CT molecular complexity index is 1610. The van der Waals surface area contributed by atoms with E-state index in [9.17, 15) is 13.6 Å². The number of likely N-dealkylation sites (tertiary alicyclic amines) is 1. The number of nitrogens with zero attached hydrogens (tertiary/aromatic N) is 3. The molecule has 5 nitrogen and oxygen atoms in total. The zero-order valence-electron chi connectivity index (χ0n) is 28.1. The highest BCUT2D eigenvalue weighted by Gasteiger charge is 2.39. The van der Waals surface area contributed by atoms with Gasteiger partial charge in [-0.3, -0.25) is 0 Å². The van der Waals surface area contributed by atoms with Crippen LogP contribution in [-0.2, 0) is 14.9 Å². The second kappa shape index (κ2) is 14.3. The number of hydrogen-bond acceptors (Lipinski definition) is 5. The van der Waals surface area contributed by atoms with E-state index in [1.807, 2.05) is 11.8 Å². The van der Waals surface area contributed by atoms with E-state index in [0.29, 0.717) is 29.3 Å². The number of esters is 1. The zero-order valence-corrected chi connectivity index (χ0v) is 28.1. The third-order valence-corrected chi connectivity index (χ3v) is 10.0. The molecule has 0 saturated carbocycles. The average Bonchev–Trinajstić information content (AvgIpc) is 3.04. The number of hydrogen-bond donors (Lipinski definition) is 0. The highest BCUT2D eigenvalue weighted by atomic mass is 19.2. The highest BCUT2D eigenvalue weighted by Crippen LogP contribution is 2.43. The topological polar surface area (TPSA) is 45.1 Å². The molecule has 2 aliphatic heterocycles. The molecule has 244 valence electrons. The number of allylic oxidation sites excluding steroid dienone is 1. The molecular weight excluding hydrogens is 580 g/mol. The average molecular weight is 628 g/mol. The van der Waals surface area contributed by atoms with Crippen LogP contribution in [0.25, 0.3) is 0 Å². The van der Waals surface area contributed by atoms with Gasteiger partial charge in [-0.2, -0.15) is 0 Å². The minimum Gasteiger partial charge on any atom is -0.466 e. The quantitative estimate of drug-likeness (QED) is 0.212. The van der Waals surface area contributed by atoms with E-state index >= 15 is 0 Å². The molecule has 46 heavy (non-hydrogen) atoms. The maximum atomic E-state index is 14.4. The molecular formula is C39H47F2N3O2. The van der Waals surface area contributed by atoms with E-state index in [1.165, 1.54) is 41.5 Å². The Morgan fingerprint density at radius 1 is 0.978 bits per heavy atom. The number of carbonyl (C=O) groups excluding carboxylic acids is 1. The van der Waals surface area contributed by atoms with E-state index in [-0.39, 0.29) is 5.41 Å². The largest absolute Gasteiger partial charge is 0.466 e. The summed E-state index contributed by atoms with van der Waals surface area (Å²) in [6.07, 6.45) is 4.01. The molecule has 2 heterocycles. The van der Waals surface area contributed by atoms with Crippen LogP contribution < -0.4 is 0 Å². The summed E-state index contributed by atoms with van der Waals surface area (Å²) in [6.45, 7) is 14.1. The van der Waals surface area contributed by atoms with Gasteiger partial charge in [0.25, 0.3) is 0 Å². The molecule has 0 amide bonds. The van der Waals surface area contributed by atoms with Gasteiger partial charge >= 0.3 is 5.97 Å². The first-order valence-corrected chi connectivity index (χ1v) is 16.5. The monoisotopic (exact) mass is 627 g/mol. The van der Waals surface area contributed by atoms with Crippen molar-refractivity contribution in [3.63, 3.8) is 0 Å². The summed E-state index contributed by atoms with van der Waals surface area (Å²) in [6, 6.07) is 21.2. The van der Waals surface area contributed by atoms with Crippen LogP contribution in [0.1, 0.15) is 80.3 Å². The van der Waals surface area contributed by atoms with Crippen LogP contribution in [0, 0.1) is 31.4 Å². The van der Waals surface area contributed by atoms with Gasteiger partial charge in [-0.25, -0.2) is 18.6 Å². The fraction of sp³-hybridized carbons (Fsp3) is 0.436. The molecule has 3 aromatic rings. The predicted molar refractivity (Wildman–Crippen MR) is 181 cm³/mol. The lowest BCUT2D eigenvalue weighted by Crippen LogP contribution is -2.45. The third-order valence-electron chi connectivity index (χ3n) is 10.0. The van der Waals surface area contributed by atoms with Gasteiger partial charge in [0.2, 0.25) is 0 Å². The molecule has 1 saturated heterocycles. The van der Waals surface area contributed by atoms with Crippen molar-refractivity contribution < 1.29 is 18.3 Å². The van der Waals surface area contributed by atoms with Crippen LogP contribution in [0.4, 0.5) is 8.78 Å². The third kappa shape index (κ3) is 6.95. The molecule has 3 aromatic carbocycles. The lowest BCUT2D eigenvalue weighted by atomic mass is 9.66. The normalized spacial score (nSPS) is 19.2. The first kappa shape index (κ1) is 33.5. The second-order valence-electron chi connectivity index (χ2n) is 13.2. The summed E-state index contributed by atoms with van der Waals surface area (Å²) >= 11 is 0. The molecule has 0 N–H and O–H groups in total. The molecule has 1 fully saturated rings. The van der Waals surface area contributed by atoms with Crippen LogP contribution in [0.2, 0.25) is 0 Å². The molecule has 0 radical (unpaired) electrons. The Morgan fingerprint density at radius 2 is 1.67 bits per heavy atom. The fourth-order valence-corrected chi connectivity index (χ4v) is 7.55. The Kier molecular flexibility index (Phi) is 10.4. The number of halogens is 2. The summed E-state index contributed by atoms with van der Waals surface area (Å²) in [5.74, 6) is -1.17. The molecule has 7 heteroatoms. The van der Waals surface area contributed by atoms with E-state index in [1.54, 1.807) is 6.92 Å². The Labute approximate surface area is 273 Å². The summed E-state index contributed by atoms with van der Waals surface area (Å²) in [5, 5.41) is 0. The number of piperidine rings is 1. The lowest BCUT2D eigenvalue weighted by Gasteiger charge is -2.44. The number of carbonyl (C=O) groups is 1. The van der Waals surface area contributed by atoms with Crippen LogP contribution in [-0.4, -0.2) is 54.9 Å². The van der Waals surface area contributed by atoms with Crippen LogP contribution >= 0.6 is 0 Å². The Hall–Kier alpha value is -3.84. The second-order valence-corrected chi connectivity index (χ2v) is 13.2. The standard InChI is InChI=1S/C39H47F2N3O2/c1-26-13-16-32(17-14-26)39(33-12-8-7-11-28(33)3)19-22-43(23-20-39)25-27(2)10-9-21-44-30(5)42-29(4)36(38(45)46-6)37(44)31-15-18-34(40)35(41)24-31/h7-8,11-18,24,27,37H,9-10,19-23,25H2,1-6H3/t27-,37?/m0/s1. The molecule has 1 unspecified atom stereocenters. The van der Waals surface area contributed by atoms with E-state index in [4.69, 9.17) is 4.74 Å². The molecule has 0 aliphatic carbocycles. The zero-order chi connectivity index (χ0) is 33.0. The Morgan fingerprint density at radius 3 is 2.33 bits per heavy atom. The lowest BCUT2D eigenvalue weighted by molar-refractivity contribution is -0.136. The van der Waals surface area contributed by atoms with Crippen molar-refractivity contribution >= 4 is 11.8 Å². The van der Waals surface area contributed by atoms with E-state index < -0.39 is 23.6 Å². The summed E-state index contributed by atoms with van der Waals surface area (Å²) in [7, 11) is 1.33. The molecule has 5 rings (SSSR count). The number of ether oxygens (including phenoxy) is 1. The first-order valence-electron chi connectivity index (χ1n) is 16.5. The van der Waals surface area contributed by atoms with Crippen molar-refractivity contribution in [3.05, 3.63) is 117 Å². The van der Waals surface area contributed by atoms with Crippen molar-refractivity contribution in [2.45, 2.75) is 71.8 Å². The first-order chi connectivity index (χ1) is 22.0. The van der Waals surface area contributed by atoms with Gasteiger partial charge in [0.15, 0.2) is 11.6 Å². The van der Waals surface area contributed by atoms with Gasteiger partial charge < -0.3 is 14.5 Å². The molecule has 0 spiro atoms. The predicted octanol–water partition coefficient (Wildman–Crippen LogP) is 8.30. The number of methoxy groups -OCH3 is 1. The van der Waals surface area contributed by atoms with E-state index in [0.717, 1.165) is 57.2 Å². The van der Waals surface area contributed by atoms with E-state index in [2.05, 4.69) is 79.2 Å². The molecule has 0 aromatic heterocycles. The maximum Gasteiger partial charge on any atom is 0.338 e. The van der Waals surface area contributed by atoms with Gasteiger partial charge in [0.05, 0.1) is 24.4 Å². The SMILES string of the molecule is COC(=O)C1=C(C)N=C(C)N(CCC[C@H](C)CN2CCC(c3ccc(C)cc3)(c3ccccc3C)CC2)C1c1ccc(F)c(F)c1. The van der Waals surface area contributed by atoms with Gasteiger partial charge in [-0.1, -0.05) is 67.1 Å². The Balaban J connectivity index is 1.25. The number of aryl methyl sites for hydroxylation is 2. The minimum absolute atomic E-state index is 0.0156. The van der Waals surface area contributed by atoms with Gasteiger partial charge in [-0.05, 0) is 107 Å². The van der Waals surface area contributed by atoms with Gasteiger partial charge in [0, 0.05) is 18.5 Å². The maximum absolute atomic E-state index is 14.4. The highest BCUT2D eigenvalue weighted by molar-refractivity contribution is 5.95. The van der Waals surface area contributed by atoms with Gasteiger partial charge in [-0.15, -0.1) is 0 Å². The van der Waals surface area contributed by atoms with Crippen LogP contribution in [0.3, 0.4) is 0 Å². The number of benzene rings is 3. The van der Waals surface area contributed by atoms with Crippen LogP contribution in [0.15, 0.2) is 83.0 Å². The minimum atomic E-state index is -0.941. The molecule has 2 aliphatic rings. The van der Waals surface area contributed by atoms with Crippen molar-refractivity contribution in [3.8, 4) is 0 Å². The molecule has 0 bridgehead atoms. The van der Waals surface area contributed by atoms with Crippen molar-refractivity contribution in [1.82, 2.24) is 9.80 Å². The summed E-state index contributed by atoms with van der Waals surface area (Å²) < 4.78 is 33.3. The van der Waals surface area contributed by atoms with Crippen molar-refractivity contribution in [2.75, 3.05) is 33.3 Å². The number of amidine groups is 1. The van der Waals surface area contributed by atoms with Gasteiger partial charge in [0.1, 0.15) is 5.84 Å². The molecule has 2 atom stereocenters. The fourth-order valence-electron chi connectivity index (χ4n) is 7.55. The number of rotatable bonds is 10. The van der Waals surface area contributed by atoms with Crippen molar-refractivity contribution in [2.24, 2.45) is 10.9 Å². The van der Waals surface area contributed by atoms with Crippen molar-refractivity contribution in [1.29, 1.82) is 0 Å². The smallest absolute Gasteiger partial charge is 0.338 e. The van der Waals surface area contributed by atoms with Crippen LogP contribution in [0.5, 0.6) is 0 Å². The number of aliphatic imine (C=N–C) groups is 1. The summed E-state index contributed by atoms with van der Waals surface area (Å²) in [4.78, 5) is 22.2.